The number of aromatic nitrogens is 3. The lowest BCUT2D eigenvalue weighted by Crippen LogP contribution is -2.20. The quantitative estimate of drug-likeness (QED) is 0.708. The second-order valence-corrected chi connectivity index (χ2v) is 4.19. The summed E-state index contributed by atoms with van der Waals surface area (Å²) in [5.41, 5.74) is 0. The summed E-state index contributed by atoms with van der Waals surface area (Å²) in [7, 11) is 0. The molecule has 1 aliphatic carbocycles. The third-order valence-electron chi connectivity index (χ3n) is 3.57. The van der Waals surface area contributed by atoms with Crippen LogP contribution in [-0.2, 0) is 0 Å². The lowest BCUT2D eigenvalue weighted by Gasteiger charge is -2.13. The molecule has 1 saturated carbocycles. The zero-order valence-electron chi connectivity index (χ0n) is 7.72. The molecule has 2 aliphatic rings. The van der Waals surface area contributed by atoms with Crippen LogP contribution in [0.15, 0.2) is 12.4 Å². The Balaban J connectivity index is 1.74. The number of fused-ring (bicyclic) bond motifs is 1. The Morgan fingerprint density at radius 3 is 2.85 bits per heavy atom. The van der Waals surface area contributed by atoms with Crippen LogP contribution < -0.4 is 5.32 Å². The van der Waals surface area contributed by atoms with Gasteiger partial charge < -0.3 is 5.32 Å². The molecule has 4 heteroatoms. The summed E-state index contributed by atoms with van der Waals surface area (Å²) in [6.07, 6.45) is 3.72. The molecule has 3 rings (SSSR count). The van der Waals surface area contributed by atoms with E-state index in [4.69, 9.17) is 0 Å². The van der Waals surface area contributed by atoms with E-state index in [0.29, 0.717) is 6.04 Å². The van der Waals surface area contributed by atoms with Gasteiger partial charge in [0, 0.05) is 6.20 Å². The van der Waals surface area contributed by atoms with Gasteiger partial charge in [-0.3, -0.25) is 0 Å². The van der Waals surface area contributed by atoms with Crippen molar-refractivity contribution in [1.82, 2.24) is 20.3 Å². The first kappa shape index (κ1) is 7.50. The van der Waals surface area contributed by atoms with Crippen LogP contribution in [0.2, 0.25) is 0 Å². The summed E-state index contributed by atoms with van der Waals surface area (Å²) in [5.74, 6) is 2.64. The van der Waals surface area contributed by atoms with E-state index >= 15 is 0 Å². The maximum Gasteiger partial charge on any atom is 0.0693 e. The average molecular weight is 178 g/mol. The van der Waals surface area contributed by atoms with E-state index in [0.717, 1.165) is 17.8 Å². The van der Waals surface area contributed by atoms with E-state index in [2.05, 4.69) is 22.6 Å². The lowest BCUT2D eigenvalue weighted by molar-refractivity contribution is 0.380. The van der Waals surface area contributed by atoms with Gasteiger partial charge in [0.1, 0.15) is 0 Å². The van der Waals surface area contributed by atoms with Crippen LogP contribution in [0.5, 0.6) is 0 Å². The van der Waals surface area contributed by atoms with Crippen molar-refractivity contribution in [3.8, 4) is 0 Å². The number of hydrogen-bond donors (Lipinski definition) is 1. The predicted octanol–water partition coefficient (Wildman–Crippen LogP) is 0.304. The molecular weight excluding hydrogens is 164 g/mol. The number of nitrogens with zero attached hydrogens (tertiary/aromatic N) is 3. The fraction of sp³-hybridized carbons (Fsp3) is 0.778. The highest BCUT2D eigenvalue weighted by atomic mass is 15.4. The Kier molecular flexibility index (Phi) is 1.47. The molecule has 1 aromatic heterocycles. The van der Waals surface area contributed by atoms with Gasteiger partial charge in [-0.1, -0.05) is 5.21 Å². The molecule has 0 amide bonds. The Morgan fingerprint density at radius 2 is 2.23 bits per heavy atom. The molecule has 1 aliphatic heterocycles. The molecule has 0 bridgehead atoms. The summed E-state index contributed by atoms with van der Waals surface area (Å²) in [6.45, 7) is 4.65. The van der Waals surface area contributed by atoms with Crippen molar-refractivity contribution in [2.45, 2.75) is 13.0 Å². The largest absolute Gasteiger partial charge is 0.316 e. The minimum Gasteiger partial charge on any atom is -0.316 e. The minimum atomic E-state index is 0.527. The second kappa shape index (κ2) is 2.54. The van der Waals surface area contributed by atoms with Crippen LogP contribution in [0.1, 0.15) is 13.0 Å². The van der Waals surface area contributed by atoms with Crippen molar-refractivity contribution in [1.29, 1.82) is 0 Å². The van der Waals surface area contributed by atoms with Crippen molar-refractivity contribution in [3.63, 3.8) is 0 Å². The normalized spacial score (nSPS) is 38.7. The molecular formula is C9H14N4. The molecule has 2 heterocycles. The van der Waals surface area contributed by atoms with Gasteiger partial charge in [0.15, 0.2) is 0 Å². The highest BCUT2D eigenvalue weighted by Crippen LogP contribution is 2.54. The number of piperidine rings is 1. The van der Waals surface area contributed by atoms with Crippen LogP contribution in [-0.4, -0.2) is 28.1 Å². The van der Waals surface area contributed by atoms with Gasteiger partial charge in [-0.25, -0.2) is 4.68 Å². The Bertz CT molecular complexity index is 285. The molecule has 1 N–H and O–H groups in total. The van der Waals surface area contributed by atoms with Crippen LogP contribution >= 0.6 is 0 Å². The van der Waals surface area contributed by atoms with E-state index in [-0.39, 0.29) is 0 Å². The molecule has 1 unspecified atom stereocenters. The highest BCUT2D eigenvalue weighted by Gasteiger charge is 2.55. The van der Waals surface area contributed by atoms with Crippen LogP contribution in [0, 0.1) is 17.8 Å². The monoisotopic (exact) mass is 178 g/mol. The molecule has 1 aromatic rings. The standard InChI is InChI=1S/C9H14N4/c1-6(13-3-2-11-12-13)9-7-4-10-5-8(7)9/h2-3,6-10H,4-5H2,1H3/t6?,7-,8+,9+. The first-order valence-corrected chi connectivity index (χ1v) is 4.94. The van der Waals surface area contributed by atoms with Gasteiger partial charge in [0.25, 0.3) is 0 Å². The summed E-state index contributed by atoms with van der Waals surface area (Å²) < 4.78 is 1.99. The topological polar surface area (TPSA) is 42.7 Å². The lowest BCUT2D eigenvalue weighted by atomic mass is 10.1. The zero-order valence-corrected chi connectivity index (χ0v) is 7.72. The molecule has 0 spiro atoms. The second-order valence-electron chi connectivity index (χ2n) is 4.19. The van der Waals surface area contributed by atoms with Crippen molar-refractivity contribution in [3.05, 3.63) is 12.4 Å². The fourth-order valence-electron chi connectivity index (χ4n) is 2.79. The van der Waals surface area contributed by atoms with Crippen molar-refractivity contribution in [2.75, 3.05) is 13.1 Å². The third-order valence-corrected chi connectivity index (χ3v) is 3.57. The number of nitrogens with one attached hydrogen (secondary N) is 1. The van der Waals surface area contributed by atoms with Gasteiger partial charge in [0.05, 0.1) is 12.2 Å². The van der Waals surface area contributed by atoms with E-state index < -0.39 is 0 Å². The Labute approximate surface area is 77.3 Å². The van der Waals surface area contributed by atoms with Crippen molar-refractivity contribution >= 4 is 0 Å². The van der Waals surface area contributed by atoms with Gasteiger partial charge in [-0.15, -0.1) is 5.10 Å². The third kappa shape index (κ3) is 1.01. The first-order chi connectivity index (χ1) is 6.38. The SMILES string of the molecule is CC([C@H]1[C@@H]2CNC[C@@H]21)n1ccnn1. The highest BCUT2D eigenvalue weighted by molar-refractivity contribution is 5.06. The van der Waals surface area contributed by atoms with E-state index in [1.165, 1.54) is 13.1 Å². The average Bonchev–Trinajstić information content (AvgIpc) is 2.68. The van der Waals surface area contributed by atoms with E-state index in [9.17, 15) is 0 Å². The molecule has 70 valence electrons. The maximum absolute atomic E-state index is 4.05. The molecule has 4 atom stereocenters. The number of hydrogen-bond acceptors (Lipinski definition) is 3. The van der Waals surface area contributed by atoms with Gasteiger partial charge in [-0.2, -0.15) is 0 Å². The van der Waals surface area contributed by atoms with Crippen molar-refractivity contribution in [2.24, 2.45) is 17.8 Å². The van der Waals surface area contributed by atoms with Gasteiger partial charge in [-0.05, 0) is 37.8 Å². The predicted molar refractivity (Wildman–Crippen MR) is 48.1 cm³/mol. The minimum absolute atomic E-state index is 0.527. The van der Waals surface area contributed by atoms with E-state index in [1.54, 1.807) is 6.20 Å². The Hall–Kier alpha value is -0.900. The summed E-state index contributed by atoms with van der Waals surface area (Å²) >= 11 is 0. The molecule has 4 nitrogen and oxygen atoms in total. The van der Waals surface area contributed by atoms with Crippen LogP contribution in [0.4, 0.5) is 0 Å². The smallest absolute Gasteiger partial charge is 0.0693 e. The Morgan fingerprint density at radius 1 is 1.46 bits per heavy atom. The molecule has 1 saturated heterocycles. The molecule has 2 fully saturated rings. The molecule has 0 radical (unpaired) electrons. The van der Waals surface area contributed by atoms with Gasteiger partial charge >= 0.3 is 0 Å². The van der Waals surface area contributed by atoms with E-state index in [1.807, 2.05) is 10.9 Å². The summed E-state index contributed by atoms with van der Waals surface area (Å²) in [6, 6.07) is 0.527. The summed E-state index contributed by atoms with van der Waals surface area (Å²) in [4.78, 5) is 0. The zero-order chi connectivity index (χ0) is 8.84. The van der Waals surface area contributed by atoms with Crippen LogP contribution in [0.25, 0.3) is 0 Å². The van der Waals surface area contributed by atoms with Crippen LogP contribution in [0.3, 0.4) is 0 Å². The molecule has 0 aromatic carbocycles. The number of rotatable bonds is 2. The fourth-order valence-corrected chi connectivity index (χ4v) is 2.79. The van der Waals surface area contributed by atoms with Gasteiger partial charge in [0.2, 0.25) is 0 Å². The first-order valence-electron chi connectivity index (χ1n) is 4.94. The summed E-state index contributed by atoms with van der Waals surface area (Å²) in [5, 5.41) is 11.3. The maximum atomic E-state index is 4.05. The molecule has 13 heavy (non-hydrogen) atoms. The van der Waals surface area contributed by atoms with Crippen molar-refractivity contribution < 1.29 is 0 Å².